The van der Waals surface area contributed by atoms with E-state index in [-0.39, 0.29) is 17.5 Å². The number of carbonyl (C=O) groups excluding carboxylic acids is 1. The van der Waals surface area contributed by atoms with Gasteiger partial charge in [-0.1, -0.05) is 6.42 Å². The predicted octanol–water partition coefficient (Wildman–Crippen LogP) is 2.39. The zero-order valence-electron chi connectivity index (χ0n) is 13.4. The van der Waals surface area contributed by atoms with Crippen molar-refractivity contribution in [3.8, 4) is 0 Å². The summed E-state index contributed by atoms with van der Waals surface area (Å²) in [5, 5.41) is 3.13. The predicted molar refractivity (Wildman–Crippen MR) is 85.0 cm³/mol. The molecule has 0 radical (unpaired) electrons. The highest BCUT2D eigenvalue weighted by molar-refractivity contribution is 5.82. The number of nitrogens with one attached hydrogen (secondary N) is 1. The summed E-state index contributed by atoms with van der Waals surface area (Å²) in [4.78, 5) is 18.9. The Labute approximate surface area is 127 Å². The van der Waals surface area contributed by atoms with Gasteiger partial charge in [-0.25, -0.2) is 0 Å². The molecule has 4 heteroatoms. The number of aromatic nitrogens is 1. The number of rotatable bonds is 4. The topological polar surface area (TPSA) is 45.2 Å². The third-order valence-electron chi connectivity index (χ3n) is 3.85. The minimum atomic E-state index is -0.161. The van der Waals surface area contributed by atoms with Gasteiger partial charge in [0.25, 0.3) is 0 Å². The van der Waals surface area contributed by atoms with Gasteiger partial charge in [0.1, 0.15) is 0 Å². The molecule has 21 heavy (non-hydrogen) atoms. The largest absolute Gasteiger partial charge is 0.350 e. The lowest BCUT2D eigenvalue weighted by Gasteiger charge is -2.36. The number of carbonyl (C=O) groups is 1. The number of pyridine rings is 1. The van der Waals surface area contributed by atoms with Crippen molar-refractivity contribution < 1.29 is 4.79 Å². The molecule has 0 aliphatic carbocycles. The number of amides is 1. The summed E-state index contributed by atoms with van der Waals surface area (Å²) in [6, 6.07) is 4.13. The van der Waals surface area contributed by atoms with Crippen LogP contribution in [0.3, 0.4) is 0 Å². The zero-order valence-corrected chi connectivity index (χ0v) is 13.4. The molecule has 1 aliphatic heterocycles. The van der Waals surface area contributed by atoms with E-state index >= 15 is 0 Å². The highest BCUT2D eigenvalue weighted by atomic mass is 16.2. The molecule has 1 fully saturated rings. The van der Waals surface area contributed by atoms with Crippen molar-refractivity contribution in [2.24, 2.45) is 0 Å². The van der Waals surface area contributed by atoms with Crippen molar-refractivity contribution in [3.63, 3.8) is 0 Å². The number of hydrogen-bond acceptors (Lipinski definition) is 3. The molecule has 2 rings (SSSR count). The van der Waals surface area contributed by atoms with Crippen molar-refractivity contribution in [2.45, 2.75) is 58.0 Å². The van der Waals surface area contributed by atoms with Gasteiger partial charge in [0, 0.05) is 24.5 Å². The first-order valence-corrected chi connectivity index (χ1v) is 7.91. The van der Waals surface area contributed by atoms with Gasteiger partial charge in [-0.3, -0.25) is 14.7 Å². The summed E-state index contributed by atoms with van der Waals surface area (Å²) in [5.74, 6) is 0.178. The lowest BCUT2D eigenvalue weighted by Crippen LogP contribution is -2.54. The van der Waals surface area contributed by atoms with E-state index in [1.54, 1.807) is 0 Å². The summed E-state index contributed by atoms with van der Waals surface area (Å²) in [5.41, 5.74) is 1.12. The van der Waals surface area contributed by atoms with Crippen LogP contribution in [0.1, 0.15) is 45.6 Å². The summed E-state index contributed by atoms with van der Waals surface area (Å²) in [6.45, 7) is 8.07. The van der Waals surface area contributed by atoms with E-state index in [4.69, 9.17) is 0 Å². The maximum atomic E-state index is 12.5. The number of nitrogens with zero attached hydrogens (tertiary/aromatic N) is 2. The second-order valence-electron chi connectivity index (χ2n) is 6.89. The lowest BCUT2D eigenvalue weighted by atomic mass is 9.99. The molecule has 1 aromatic rings. The van der Waals surface area contributed by atoms with Gasteiger partial charge in [0.2, 0.25) is 5.91 Å². The Hall–Kier alpha value is -1.42. The smallest absolute Gasteiger partial charge is 0.237 e. The van der Waals surface area contributed by atoms with Gasteiger partial charge in [-0.2, -0.15) is 0 Å². The van der Waals surface area contributed by atoms with Crippen LogP contribution in [-0.2, 0) is 11.2 Å². The van der Waals surface area contributed by atoms with Crippen LogP contribution >= 0.6 is 0 Å². The van der Waals surface area contributed by atoms with Crippen LogP contribution in [0, 0.1) is 0 Å². The molecule has 2 heterocycles. The first kappa shape index (κ1) is 16.0. The van der Waals surface area contributed by atoms with E-state index in [2.05, 4.69) is 15.2 Å². The average Bonchev–Trinajstić information content (AvgIpc) is 2.45. The minimum absolute atomic E-state index is 0.0276. The van der Waals surface area contributed by atoms with Crippen LogP contribution in [0.4, 0.5) is 0 Å². The fourth-order valence-electron chi connectivity index (χ4n) is 2.83. The molecule has 1 amide bonds. The standard InChI is InChI=1S/C17H27N3O/c1-17(2,3)19-16(21)15-6-4-5-12-20(15)13-9-14-7-10-18-11-8-14/h7-8,10-11,15H,4-6,9,12-13H2,1-3H3,(H,19,21)/t15-/m0/s1. The van der Waals surface area contributed by atoms with E-state index in [0.29, 0.717) is 0 Å². The van der Waals surface area contributed by atoms with E-state index in [0.717, 1.165) is 32.4 Å². The monoisotopic (exact) mass is 289 g/mol. The number of likely N-dealkylation sites (tertiary alicyclic amines) is 1. The number of piperidine rings is 1. The van der Waals surface area contributed by atoms with Crippen LogP contribution in [0.25, 0.3) is 0 Å². The first-order valence-electron chi connectivity index (χ1n) is 7.91. The molecule has 1 atom stereocenters. The summed E-state index contributed by atoms with van der Waals surface area (Å²) >= 11 is 0. The lowest BCUT2D eigenvalue weighted by molar-refractivity contribution is -0.129. The van der Waals surface area contributed by atoms with Crippen LogP contribution in [0.5, 0.6) is 0 Å². The van der Waals surface area contributed by atoms with E-state index in [1.807, 2.05) is 45.3 Å². The molecule has 1 saturated heterocycles. The van der Waals surface area contributed by atoms with E-state index < -0.39 is 0 Å². The van der Waals surface area contributed by atoms with Crippen molar-refractivity contribution in [2.75, 3.05) is 13.1 Å². The summed E-state index contributed by atoms with van der Waals surface area (Å²) < 4.78 is 0. The van der Waals surface area contributed by atoms with Crippen molar-refractivity contribution in [1.29, 1.82) is 0 Å². The van der Waals surface area contributed by atoms with Gasteiger partial charge < -0.3 is 5.32 Å². The van der Waals surface area contributed by atoms with Crippen LogP contribution < -0.4 is 5.32 Å². The average molecular weight is 289 g/mol. The third-order valence-corrected chi connectivity index (χ3v) is 3.85. The molecule has 0 bridgehead atoms. The van der Waals surface area contributed by atoms with Gasteiger partial charge in [-0.15, -0.1) is 0 Å². The summed E-state index contributed by atoms with van der Waals surface area (Å²) in [7, 11) is 0. The highest BCUT2D eigenvalue weighted by Gasteiger charge is 2.30. The van der Waals surface area contributed by atoms with Crippen LogP contribution in [-0.4, -0.2) is 40.5 Å². The van der Waals surface area contributed by atoms with Crippen LogP contribution in [0.15, 0.2) is 24.5 Å². The van der Waals surface area contributed by atoms with Crippen molar-refractivity contribution in [3.05, 3.63) is 30.1 Å². The van der Waals surface area contributed by atoms with Crippen LogP contribution in [0.2, 0.25) is 0 Å². The second-order valence-corrected chi connectivity index (χ2v) is 6.89. The Bertz CT molecular complexity index is 453. The molecule has 116 valence electrons. The molecule has 0 saturated carbocycles. The van der Waals surface area contributed by atoms with E-state index in [1.165, 1.54) is 12.0 Å². The van der Waals surface area contributed by atoms with E-state index in [9.17, 15) is 4.79 Å². The van der Waals surface area contributed by atoms with Gasteiger partial charge in [0.05, 0.1) is 6.04 Å². The molecule has 0 unspecified atom stereocenters. The van der Waals surface area contributed by atoms with Gasteiger partial charge in [0.15, 0.2) is 0 Å². The molecule has 1 aliphatic rings. The molecule has 4 nitrogen and oxygen atoms in total. The molecule has 0 spiro atoms. The fourth-order valence-corrected chi connectivity index (χ4v) is 2.83. The molecular formula is C17H27N3O. The maximum absolute atomic E-state index is 12.5. The third kappa shape index (κ3) is 5.12. The quantitative estimate of drug-likeness (QED) is 0.925. The minimum Gasteiger partial charge on any atom is -0.350 e. The van der Waals surface area contributed by atoms with Gasteiger partial charge in [-0.05, 0) is 64.3 Å². The Morgan fingerprint density at radius 2 is 2.05 bits per heavy atom. The maximum Gasteiger partial charge on any atom is 0.237 e. The van der Waals surface area contributed by atoms with Crippen molar-refractivity contribution >= 4 is 5.91 Å². The normalized spacial score (nSPS) is 20.2. The molecule has 1 N–H and O–H groups in total. The SMILES string of the molecule is CC(C)(C)NC(=O)[C@@H]1CCCCN1CCc1ccncc1. The molecular weight excluding hydrogens is 262 g/mol. The first-order chi connectivity index (χ1) is 9.96. The fraction of sp³-hybridized carbons (Fsp3) is 0.647. The van der Waals surface area contributed by atoms with Crippen molar-refractivity contribution in [1.82, 2.24) is 15.2 Å². The highest BCUT2D eigenvalue weighted by Crippen LogP contribution is 2.18. The second kappa shape index (κ2) is 7.03. The molecule has 0 aromatic carbocycles. The Morgan fingerprint density at radius 1 is 1.33 bits per heavy atom. The Morgan fingerprint density at radius 3 is 2.71 bits per heavy atom. The molecule has 1 aromatic heterocycles. The van der Waals surface area contributed by atoms with Gasteiger partial charge >= 0.3 is 0 Å². The zero-order chi connectivity index (χ0) is 15.3. The Balaban J connectivity index is 1.94. The summed E-state index contributed by atoms with van der Waals surface area (Å²) in [6.07, 6.45) is 7.94. The number of hydrogen-bond donors (Lipinski definition) is 1. The Kier molecular flexibility index (Phi) is 5.34.